The summed E-state index contributed by atoms with van der Waals surface area (Å²) in [5.41, 5.74) is 6.08. The second-order valence-electron chi connectivity index (χ2n) is 6.69. The minimum absolute atomic E-state index is 0.0495. The minimum Gasteiger partial charge on any atom is -0.484 e. The molecule has 0 heterocycles. The fourth-order valence-electron chi connectivity index (χ4n) is 2.10. The quantitative estimate of drug-likeness (QED) is 0.700. The molecule has 0 aliphatic heterocycles. The zero-order valence-corrected chi connectivity index (χ0v) is 17.1. The van der Waals surface area contributed by atoms with Crippen LogP contribution >= 0.6 is 27.5 Å². The molecule has 0 aliphatic rings. The lowest BCUT2D eigenvalue weighted by atomic mass is 9.87. The number of hydrogen-bond donors (Lipinski definition) is 2. The van der Waals surface area contributed by atoms with Crippen molar-refractivity contribution in [1.82, 2.24) is 10.9 Å². The van der Waals surface area contributed by atoms with E-state index in [-0.39, 0.29) is 22.6 Å². The zero-order valence-electron chi connectivity index (χ0n) is 14.7. The molecule has 138 valence electrons. The number of hydrazine groups is 1. The third kappa shape index (κ3) is 5.75. The summed E-state index contributed by atoms with van der Waals surface area (Å²) in [5, 5.41) is 0.287. The van der Waals surface area contributed by atoms with Crippen LogP contribution in [0.15, 0.2) is 46.9 Å². The van der Waals surface area contributed by atoms with Gasteiger partial charge in [0.05, 0.1) is 10.6 Å². The van der Waals surface area contributed by atoms with Crippen LogP contribution in [0.4, 0.5) is 0 Å². The molecule has 0 radical (unpaired) electrons. The predicted molar refractivity (Wildman–Crippen MR) is 105 cm³/mol. The van der Waals surface area contributed by atoms with Crippen LogP contribution in [-0.2, 0) is 10.2 Å². The lowest BCUT2D eigenvalue weighted by Crippen LogP contribution is -2.43. The Hall–Kier alpha value is -2.05. The molecule has 0 atom stereocenters. The summed E-state index contributed by atoms with van der Waals surface area (Å²) in [4.78, 5) is 23.9. The van der Waals surface area contributed by atoms with E-state index >= 15 is 0 Å². The Labute approximate surface area is 166 Å². The number of nitrogens with one attached hydrogen (secondary N) is 2. The molecule has 0 unspecified atom stereocenters. The van der Waals surface area contributed by atoms with Gasteiger partial charge in [-0.05, 0) is 41.3 Å². The lowest BCUT2D eigenvalue weighted by molar-refractivity contribution is -0.123. The number of ether oxygens (including phenoxy) is 1. The molecule has 0 fully saturated rings. The van der Waals surface area contributed by atoms with Gasteiger partial charge in [-0.2, -0.15) is 0 Å². The highest BCUT2D eigenvalue weighted by atomic mass is 79.9. The van der Waals surface area contributed by atoms with E-state index in [1.54, 1.807) is 18.2 Å². The number of benzene rings is 2. The minimum atomic E-state index is -0.515. The van der Waals surface area contributed by atoms with Gasteiger partial charge in [-0.3, -0.25) is 20.4 Å². The number of carbonyl (C=O) groups is 2. The van der Waals surface area contributed by atoms with Gasteiger partial charge in [0.25, 0.3) is 11.8 Å². The average molecular weight is 440 g/mol. The summed E-state index contributed by atoms with van der Waals surface area (Å²) in [6, 6.07) is 12.4. The Morgan fingerprint density at radius 3 is 2.35 bits per heavy atom. The first kappa shape index (κ1) is 20.3. The van der Waals surface area contributed by atoms with Crippen molar-refractivity contribution >= 4 is 39.3 Å². The molecule has 0 saturated heterocycles. The fourth-order valence-corrected chi connectivity index (χ4v) is 2.67. The van der Waals surface area contributed by atoms with Crippen molar-refractivity contribution in [2.75, 3.05) is 6.61 Å². The number of rotatable bonds is 4. The van der Waals surface area contributed by atoms with Gasteiger partial charge in [0.2, 0.25) is 0 Å². The maximum Gasteiger partial charge on any atom is 0.276 e. The molecule has 2 aromatic rings. The fraction of sp³-hybridized carbons (Fsp3) is 0.263. The summed E-state index contributed by atoms with van der Waals surface area (Å²) >= 11 is 9.24. The maximum absolute atomic E-state index is 12.1. The third-order valence-corrected chi connectivity index (χ3v) is 4.40. The van der Waals surface area contributed by atoms with E-state index in [1.165, 1.54) is 5.56 Å². The summed E-state index contributed by atoms with van der Waals surface area (Å²) in [5.74, 6) is -0.418. The molecular formula is C19H20BrClN2O3. The molecular weight excluding hydrogens is 420 g/mol. The summed E-state index contributed by atoms with van der Waals surface area (Å²) in [6.07, 6.45) is 0. The molecule has 0 aromatic heterocycles. The Balaban J connectivity index is 1.83. The second kappa shape index (κ2) is 8.56. The van der Waals surface area contributed by atoms with E-state index in [1.807, 2.05) is 24.3 Å². The predicted octanol–water partition coefficient (Wildman–Crippen LogP) is 4.24. The molecule has 0 saturated carbocycles. The standard InChI is InChI=1S/C19H20BrClN2O3/c1-19(2,3)12-4-7-14(8-5-12)26-11-17(24)22-23-18(25)15-10-13(20)6-9-16(15)21/h4-10H,11H2,1-3H3,(H,22,24)(H,23,25). The third-order valence-electron chi connectivity index (χ3n) is 3.58. The van der Waals surface area contributed by atoms with Gasteiger partial charge in [0.15, 0.2) is 6.61 Å². The molecule has 0 bridgehead atoms. The van der Waals surface area contributed by atoms with E-state index in [2.05, 4.69) is 47.6 Å². The Morgan fingerprint density at radius 2 is 1.73 bits per heavy atom. The van der Waals surface area contributed by atoms with Crippen LogP contribution in [0.25, 0.3) is 0 Å². The Kier molecular flexibility index (Phi) is 6.67. The molecule has 2 rings (SSSR count). The maximum atomic E-state index is 12.1. The monoisotopic (exact) mass is 438 g/mol. The van der Waals surface area contributed by atoms with Crippen LogP contribution in [0.3, 0.4) is 0 Å². The van der Waals surface area contributed by atoms with Crippen molar-refractivity contribution in [2.45, 2.75) is 26.2 Å². The van der Waals surface area contributed by atoms with Crippen LogP contribution in [-0.4, -0.2) is 18.4 Å². The summed E-state index contributed by atoms with van der Waals surface area (Å²) < 4.78 is 6.13. The number of carbonyl (C=O) groups excluding carboxylic acids is 2. The molecule has 5 nitrogen and oxygen atoms in total. The van der Waals surface area contributed by atoms with Gasteiger partial charge in [0.1, 0.15) is 5.75 Å². The van der Waals surface area contributed by atoms with E-state index in [9.17, 15) is 9.59 Å². The van der Waals surface area contributed by atoms with Gasteiger partial charge < -0.3 is 4.74 Å². The first-order chi connectivity index (χ1) is 12.2. The van der Waals surface area contributed by atoms with Crippen molar-refractivity contribution in [2.24, 2.45) is 0 Å². The smallest absolute Gasteiger partial charge is 0.276 e. The second-order valence-corrected chi connectivity index (χ2v) is 8.01. The van der Waals surface area contributed by atoms with Crippen LogP contribution in [0, 0.1) is 0 Å². The van der Waals surface area contributed by atoms with Crippen molar-refractivity contribution in [1.29, 1.82) is 0 Å². The molecule has 2 amide bonds. The summed E-state index contributed by atoms with van der Waals surface area (Å²) in [6.45, 7) is 6.14. The molecule has 7 heteroatoms. The number of amides is 2. The topological polar surface area (TPSA) is 67.4 Å². The van der Waals surface area contributed by atoms with Crippen molar-refractivity contribution in [3.63, 3.8) is 0 Å². The van der Waals surface area contributed by atoms with Gasteiger partial charge >= 0.3 is 0 Å². The highest BCUT2D eigenvalue weighted by molar-refractivity contribution is 9.10. The summed E-state index contributed by atoms with van der Waals surface area (Å²) in [7, 11) is 0. The van der Waals surface area contributed by atoms with E-state index in [4.69, 9.17) is 16.3 Å². The highest BCUT2D eigenvalue weighted by Crippen LogP contribution is 2.24. The van der Waals surface area contributed by atoms with Crippen LogP contribution in [0.1, 0.15) is 36.7 Å². The SMILES string of the molecule is CC(C)(C)c1ccc(OCC(=O)NNC(=O)c2cc(Br)ccc2Cl)cc1. The normalized spacial score (nSPS) is 11.0. The van der Waals surface area contributed by atoms with E-state index in [0.29, 0.717) is 10.2 Å². The largest absolute Gasteiger partial charge is 0.484 e. The van der Waals surface area contributed by atoms with Gasteiger partial charge in [0, 0.05) is 4.47 Å². The first-order valence-electron chi connectivity index (χ1n) is 7.94. The van der Waals surface area contributed by atoms with Gasteiger partial charge in [-0.15, -0.1) is 0 Å². The molecule has 2 aromatic carbocycles. The van der Waals surface area contributed by atoms with Crippen LogP contribution in [0.2, 0.25) is 5.02 Å². The highest BCUT2D eigenvalue weighted by Gasteiger charge is 2.14. The number of halogens is 2. The van der Waals surface area contributed by atoms with Gasteiger partial charge in [-0.1, -0.05) is 60.4 Å². The lowest BCUT2D eigenvalue weighted by Gasteiger charge is -2.19. The first-order valence-corrected chi connectivity index (χ1v) is 9.11. The molecule has 2 N–H and O–H groups in total. The Bertz CT molecular complexity index is 801. The zero-order chi connectivity index (χ0) is 19.3. The molecule has 26 heavy (non-hydrogen) atoms. The van der Waals surface area contributed by atoms with Crippen molar-refractivity contribution < 1.29 is 14.3 Å². The van der Waals surface area contributed by atoms with Crippen LogP contribution in [0.5, 0.6) is 5.75 Å². The van der Waals surface area contributed by atoms with Crippen molar-refractivity contribution in [3.8, 4) is 5.75 Å². The molecule has 0 aliphatic carbocycles. The van der Waals surface area contributed by atoms with Crippen LogP contribution < -0.4 is 15.6 Å². The van der Waals surface area contributed by atoms with Crippen molar-refractivity contribution in [3.05, 3.63) is 63.1 Å². The average Bonchev–Trinajstić information content (AvgIpc) is 2.59. The Morgan fingerprint density at radius 1 is 1.08 bits per heavy atom. The number of hydrogen-bond acceptors (Lipinski definition) is 3. The van der Waals surface area contributed by atoms with E-state index < -0.39 is 11.8 Å². The van der Waals surface area contributed by atoms with Gasteiger partial charge in [-0.25, -0.2) is 0 Å². The molecule has 0 spiro atoms. The van der Waals surface area contributed by atoms with E-state index in [0.717, 1.165) is 0 Å².